The molecular formula is C17H22O3. The Balaban J connectivity index is 2.76. The predicted molar refractivity (Wildman–Crippen MR) is 80.6 cm³/mol. The molecule has 0 bridgehead atoms. The van der Waals surface area contributed by atoms with E-state index in [1.165, 1.54) is 5.56 Å². The van der Waals surface area contributed by atoms with Gasteiger partial charge in [-0.25, -0.2) is 4.79 Å². The highest BCUT2D eigenvalue weighted by Gasteiger charge is 2.29. The summed E-state index contributed by atoms with van der Waals surface area (Å²) in [6.45, 7) is 10.4. The van der Waals surface area contributed by atoms with Crippen LogP contribution in [0.2, 0.25) is 0 Å². The van der Waals surface area contributed by atoms with Crippen LogP contribution in [-0.2, 0) is 5.41 Å². The second-order valence-corrected chi connectivity index (χ2v) is 6.43. The van der Waals surface area contributed by atoms with E-state index in [0.29, 0.717) is 11.5 Å². The summed E-state index contributed by atoms with van der Waals surface area (Å²) in [6.07, 6.45) is 1.06. The summed E-state index contributed by atoms with van der Waals surface area (Å²) in [5.41, 5.74) is 2.39. The Kier molecular flexibility index (Phi) is 3.63. The molecule has 0 aliphatic rings. The molecule has 1 aromatic heterocycles. The van der Waals surface area contributed by atoms with Gasteiger partial charge in [0.2, 0.25) is 5.76 Å². The molecule has 0 spiro atoms. The molecule has 1 atom stereocenters. The summed E-state index contributed by atoms with van der Waals surface area (Å²) in [5.74, 6) is -0.486. The number of fused-ring (bicyclic) bond motifs is 1. The monoisotopic (exact) mass is 274 g/mol. The molecule has 3 nitrogen and oxygen atoms in total. The minimum atomic E-state index is -1.00. The van der Waals surface area contributed by atoms with Crippen LogP contribution in [0, 0.1) is 0 Å². The number of hydrogen-bond donors (Lipinski definition) is 1. The highest BCUT2D eigenvalue weighted by Crippen LogP contribution is 2.37. The lowest BCUT2D eigenvalue weighted by Crippen LogP contribution is -2.15. The minimum Gasteiger partial charge on any atom is -0.475 e. The maximum Gasteiger partial charge on any atom is 0.372 e. The van der Waals surface area contributed by atoms with Crippen molar-refractivity contribution in [3.63, 3.8) is 0 Å². The lowest BCUT2D eigenvalue weighted by atomic mass is 9.84. The van der Waals surface area contributed by atoms with Crippen molar-refractivity contribution >= 4 is 16.9 Å². The molecule has 1 unspecified atom stereocenters. The summed E-state index contributed by atoms with van der Waals surface area (Å²) >= 11 is 0. The molecule has 1 heterocycles. The molecule has 0 amide bonds. The topological polar surface area (TPSA) is 50.4 Å². The SMILES string of the molecule is CCC(C)c1ccc2oc(C(=O)O)c(C(C)(C)C)c2c1. The second-order valence-electron chi connectivity index (χ2n) is 6.43. The van der Waals surface area contributed by atoms with Gasteiger partial charge in [-0.1, -0.05) is 40.7 Å². The van der Waals surface area contributed by atoms with Crippen molar-refractivity contribution in [1.82, 2.24) is 0 Å². The van der Waals surface area contributed by atoms with Gasteiger partial charge in [-0.3, -0.25) is 0 Å². The van der Waals surface area contributed by atoms with Gasteiger partial charge in [-0.05, 0) is 35.4 Å². The van der Waals surface area contributed by atoms with Crippen LogP contribution in [0.3, 0.4) is 0 Å². The maximum absolute atomic E-state index is 11.4. The Morgan fingerprint density at radius 3 is 2.50 bits per heavy atom. The Hall–Kier alpha value is -1.77. The molecule has 2 rings (SSSR count). The highest BCUT2D eigenvalue weighted by atomic mass is 16.4. The molecular weight excluding hydrogens is 252 g/mol. The quantitative estimate of drug-likeness (QED) is 0.862. The van der Waals surface area contributed by atoms with Crippen molar-refractivity contribution in [1.29, 1.82) is 0 Å². The van der Waals surface area contributed by atoms with E-state index in [4.69, 9.17) is 4.42 Å². The number of carboxylic acid groups (broad SMARTS) is 1. The normalized spacial score (nSPS) is 13.7. The fraction of sp³-hybridized carbons (Fsp3) is 0.471. The molecule has 1 aromatic carbocycles. The van der Waals surface area contributed by atoms with Crippen LogP contribution in [0.1, 0.15) is 68.6 Å². The van der Waals surface area contributed by atoms with Gasteiger partial charge in [0, 0.05) is 10.9 Å². The first-order valence-corrected chi connectivity index (χ1v) is 7.06. The van der Waals surface area contributed by atoms with E-state index in [2.05, 4.69) is 19.9 Å². The molecule has 0 saturated carbocycles. The number of aromatic carboxylic acids is 1. The van der Waals surface area contributed by atoms with Gasteiger partial charge in [0.05, 0.1) is 0 Å². The first kappa shape index (κ1) is 14.6. The van der Waals surface area contributed by atoms with Crippen molar-refractivity contribution in [3.8, 4) is 0 Å². The first-order valence-electron chi connectivity index (χ1n) is 7.06. The Morgan fingerprint density at radius 2 is 2.00 bits per heavy atom. The van der Waals surface area contributed by atoms with Gasteiger partial charge >= 0.3 is 5.97 Å². The van der Waals surface area contributed by atoms with E-state index in [9.17, 15) is 9.90 Å². The molecule has 3 heteroatoms. The molecule has 0 fully saturated rings. The van der Waals surface area contributed by atoms with Crippen molar-refractivity contribution in [2.75, 3.05) is 0 Å². The standard InChI is InChI=1S/C17H22O3/c1-6-10(2)11-7-8-13-12(9-11)14(17(3,4)5)15(20-13)16(18)19/h7-10H,6H2,1-5H3,(H,18,19). The number of rotatable bonds is 3. The fourth-order valence-electron chi connectivity index (χ4n) is 2.55. The van der Waals surface area contributed by atoms with Gasteiger partial charge in [0.1, 0.15) is 5.58 Å². The van der Waals surface area contributed by atoms with Gasteiger partial charge in [0.25, 0.3) is 0 Å². The van der Waals surface area contributed by atoms with Gasteiger partial charge in [-0.2, -0.15) is 0 Å². The Labute approximate surface area is 119 Å². The van der Waals surface area contributed by atoms with Crippen LogP contribution < -0.4 is 0 Å². The zero-order valence-corrected chi connectivity index (χ0v) is 12.8. The fourth-order valence-corrected chi connectivity index (χ4v) is 2.55. The zero-order chi connectivity index (χ0) is 15.1. The van der Waals surface area contributed by atoms with E-state index in [-0.39, 0.29) is 11.2 Å². The van der Waals surface area contributed by atoms with Gasteiger partial charge in [-0.15, -0.1) is 0 Å². The van der Waals surface area contributed by atoms with Gasteiger partial charge in [0.15, 0.2) is 0 Å². The van der Waals surface area contributed by atoms with E-state index >= 15 is 0 Å². The van der Waals surface area contributed by atoms with Crippen molar-refractivity contribution in [3.05, 3.63) is 35.1 Å². The largest absolute Gasteiger partial charge is 0.475 e. The summed E-state index contributed by atoms with van der Waals surface area (Å²) in [7, 11) is 0. The predicted octanol–water partition coefficient (Wildman–Crippen LogP) is 4.94. The highest BCUT2D eigenvalue weighted by molar-refractivity contribution is 5.96. The van der Waals surface area contributed by atoms with E-state index in [1.54, 1.807) is 0 Å². The molecule has 1 N–H and O–H groups in total. The smallest absolute Gasteiger partial charge is 0.372 e. The lowest BCUT2D eigenvalue weighted by Gasteiger charge is -2.18. The third kappa shape index (κ3) is 2.45. The van der Waals surface area contributed by atoms with E-state index in [1.807, 2.05) is 32.9 Å². The zero-order valence-electron chi connectivity index (χ0n) is 12.8. The maximum atomic E-state index is 11.4. The van der Waals surface area contributed by atoms with Crippen LogP contribution >= 0.6 is 0 Å². The lowest BCUT2D eigenvalue weighted by molar-refractivity contribution is 0.0661. The average molecular weight is 274 g/mol. The minimum absolute atomic E-state index is 0.0637. The third-order valence-electron chi connectivity index (χ3n) is 3.84. The van der Waals surface area contributed by atoms with E-state index < -0.39 is 5.97 Å². The van der Waals surface area contributed by atoms with Crippen LogP contribution in [0.5, 0.6) is 0 Å². The third-order valence-corrected chi connectivity index (χ3v) is 3.84. The average Bonchev–Trinajstić information content (AvgIpc) is 2.75. The van der Waals surface area contributed by atoms with Crippen LogP contribution in [0.25, 0.3) is 11.0 Å². The molecule has 0 aliphatic heterocycles. The van der Waals surface area contributed by atoms with Crippen molar-refractivity contribution in [2.45, 2.75) is 52.4 Å². The molecule has 20 heavy (non-hydrogen) atoms. The van der Waals surface area contributed by atoms with Crippen molar-refractivity contribution < 1.29 is 14.3 Å². The summed E-state index contributed by atoms with van der Waals surface area (Å²) in [5, 5.41) is 10.3. The number of furan rings is 1. The molecule has 2 aromatic rings. The molecule has 0 saturated heterocycles. The number of carboxylic acids is 1. The Bertz CT molecular complexity index is 644. The molecule has 108 valence electrons. The van der Waals surface area contributed by atoms with Crippen LogP contribution in [0.4, 0.5) is 0 Å². The van der Waals surface area contributed by atoms with Gasteiger partial charge < -0.3 is 9.52 Å². The first-order chi connectivity index (χ1) is 9.25. The summed E-state index contributed by atoms with van der Waals surface area (Å²) < 4.78 is 5.56. The summed E-state index contributed by atoms with van der Waals surface area (Å²) in [6, 6.07) is 6.00. The molecule has 0 aliphatic carbocycles. The number of hydrogen-bond acceptors (Lipinski definition) is 2. The molecule has 0 radical (unpaired) electrons. The van der Waals surface area contributed by atoms with Crippen LogP contribution in [0.15, 0.2) is 22.6 Å². The summed E-state index contributed by atoms with van der Waals surface area (Å²) in [4.78, 5) is 11.4. The van der Waals surface area contributed by atoms with Crippen molar-refractivity contribution in [2.24, 2.45) is 0 Å². The number of carbonyl (C=O) groups is 1. The Morgan fingerprint density at radius 1 is 1.35 bits per heavy atom. The van der Waals surface area contributed by atoms with E-state index in [0.717, 1.165) is 17.4 Å². The number of benzene rings is 1. The second kappa shape index (κ2) is 4.97. The van der Waals surface area contributed by atoms with Crippen LogP contribution in [-0.4, -0.2) is 11.1 Å².